The monoisotopic (exact) mass is 462 g/mol. The molecule has 0 aromatic heterocycles. The van der Waals surface area contributed by atoms with Crippen LogP contribution < -0.4 is 0 Å². The minimum absolute atomic E-state index is 0.503. The second-order valence-electron chi connectivity index (χ2n) is 6.15. The first-order valence-corrected chi connectivity index (χ1v) is 13.8. The fourth-order valence-corrected chi connectivity index (χ4v) is 4.65. The van der Waals surface area contributed by atoms with Gasteiger partial charge in [0.05, 0.1) is 13.2 Å². The maximum atomic E-state index is 5.75. The zero-order valence-electron chi connectivity index (χ0n) is 15.2. The van der Waals surface area contributed by atoms with E-state index in [0.29, 0.717) is 25.0 Å². The summed E-state index contributed by atoms with van der Waals surface area (Å²) in [5.41, 5.74) is 2.38. The van der Waals surface area contributed by atoms with Crippen LogP contribution in [0.25, 0.3) is 0 Å². The Hall–Kier alpha value is -0.0600. The number of alkyl halides is 2. The molecule has 0 unspecified atom stereocenters. The quantitative estimate of drug-likeness (QED) is 0.229. The van der Waals surface area contributed by atoms with Crippen LogP contribution in [0.5, 0.6) is 0 Å². The fourth-order valence-electron chi connectivity index (χ4n) is 2.56. The van der Waals surface area contributed by atoms with Gasteiger partial charge < -0.3 is 9.05 Å². The molecule has 2 nitrogen and oxygen atoms in total. The SMILES string of the molecule is S=P(S)(OCCc1ccc(CCCl)cc1)OCCc1ccc(CCCl)cc1. The van der Waals surface area contributed by atoms with Crippen LogP contribution in [0.15, 0.2) is 48.5 Å². The molecule has 0 heterocycles. The van der Waals surface area contributed by atoms with Crippen molar-refractivity contribution in [3.8, 4) is 0 Å². The van der Waals surface area contributed by atoms with E-state index < -0.39 is 5.69 Å². The highest BCUT2D eigenvalue weighted by atomic mass is 35.5. The second kappa shape index (κ2) is 12.5. The van der Waals surface area contributed by atoms with Crippen LogP contribution in [-0.2, 0) is 46.5 Å². The molecule has 2 rings (SSSR count). The number of aryl methyl sites for hydroxylation is 2. The zero-order valence-corrected chi connectivity index (χ0v) is 19.3. The van der Waals surface area contributed by atoms with Crippen LogP contribution in [0.1, 0.15) is 22.3 Å². The number of hydrogen-bond donors (Lipinski definition) is 1. The van der Waals surface area contributed by atoms with Gasteiger partial charge >= 0.3 is 0 Å². The Kier molecular flexibility index (Phi) is 10.7. The lowest BCUT2D eigenvalue weighted by molar-refractivity contribution is 0.264. The topological polar surface area (TPSA) is 18.5 Å². The van der Waals surface area contributed by atoms with Gasteiger partial charge in [-0.1, -0.05) is 60.8 Å². The molecule has 0 atom stereocenters. The van der Waals surface area contributed by atoms with Gasteiger partial charge in [-0.2, -0.15) is 0 Å². The Labute approximate surface area is 182 Å². The molecule has 2 aromatic carbocycles. The lowest BCUT2D eigenvalue weighted by atomic mass is 10.1. The lowest BCUT2D eigenvalue weighted by Crippen LogP contribution is -2.00. The fraction of sp³-hybridized carbons (Fsp3) is 0.400. The first kappa shape index (κ1) is 23.2. The van der Waals surface area contributed by atoms with Gasteiger partial charge in [0.2, 0.25) is 5.69 Å². The summed E-state index contributed by atoms with van der Waals surface area (Å²) < 4.78 is 11.5. The normalized spacial score (nSPS) is 11.7. The van der Waals surface area contributed by atoms with Crippen molar-refractivity contribution in [3.63, 3.8) is 0 Å². The van der Waals surface area contributed by atoms with Gasteiger partial charge in [0.15, 0.2) is 0 Å². The molecule has 0 saturated carbocycles. The predicted molar refractivity (Wildman–Crippen MR) is 124 cm³/mol. The zero-order chi connectivity index (χ0) is 19.5. The number of hydrogen-bond acceptors (Lipinski definition) is 3. The number of rotatable bonds is 12. The molecular weight excluding hydrogens is 438 g/mol. The molecule has 0 N–H and O–H groups in total. The molecule has 0 saturated heterocycles. The Morgan fingerprint density at radius 3 is 1.26 bits per heavy atom. The smallest absolute Gasteiger partial charge is 0.244 e. The van der Waals surface area contributed by atoms with Crippen molar-refractivity contribution in [1.82, 2.24) is 0 Å². The highest BCUT2D eigenvalue weighted by Gasteiger charge is 2.13. The third-order valence-electron chi connectivity index (χ3n) is 4.10. The first-order chi connectivity index (χ1) is 13.0. The minimum Gasteiger partial charge on any atom is -0.321 e. The van der Waals surface area contributed by atoms with Gasteiger partial charge in [0.1, 0.15) is 0 Å². The van der Waals surface area contributed by atoms with E-state index >= 15 is 0 Å². The molecule has 0 fully saturated rings. The molecule has 27 heavy (non-hydrogen) atoms. The third-order valence-corrected chi connectivity index (χ3v) is 6.82. The van der Waals surface area contributed by atoms with Crippen LogP contribution in [0, 0.1) is 0 Å². The van der Waals surface area contributed by atoms with Crippen LogP contribution in [0.3, 0.4) is 0 Å². The van der Waals surface area contributed by atoms with E-state index in [-0.39, 0.29) is 0 Å². The molecule has 0 bridgehead atoms. The summed E-state index contributed by atoms with van der Waals surface area (Å²) in [6.45, 7) is 1.01. The summed E-state index contributed by atoms with van der Waals surface area (Å²) in [6, 6.07) is 16.8. The van der Waals surface area contributed by atoms with Gasteiger partial charge in [-0.05, 0) is 59.7 Å². The molecule has 0 spiro atoms. The van der Waals surface area contributed by atoms with Crippen LogP contribution in [0.4, 0.5) is 0 Å². The third kappa shape index (κ3) is 9.32. The van der Waals surface area contributed by atoms with Crippen molar-refractivity contribution >= 4 is 53.0 Å². The average Bonchev–Trinajstić information content (AvgIpc) is 2.65. The summed E-state index contributed by atoms with van der Waals surface area (Å²) in [5, 5.41) is 0. The minimum atomic E-state index is -2.51. The van der Waals surface area contributed by atoms with E-state index in [0.717, 1.165) is 25.7 Å². The molecule has 0 aliphatic rings. The van der Waals surface area contributed by atoms with E-state index in [2.05, 4.69) is 60.8 Å². The summed E-state index contributed by atoms with van der Waals surface area (Å²) in [6.07, 6.45) is 3.34. The summed E-state index contributed by atoms with van der Waals surface area (Å²) in [7, 11) is 0. The van der Waals surface area contributed by atoms with Crippen molar-refractivity contribution in [2.45, 2.75) is 25.7 Å². The summed E-state index contributed by atoms with van der Waals surface area (Å²) in [4.78, 5) is 0. The van der Waals surface area contributed by atoms with Gasteiger partial charge in [-0.25, -0.2) is 0 Å². The molecule has 0 aliphatic heterocycles. The van der Waals surface area contributed by atoms with Crippen molar-refractivity contribution in [2.75, 3.05) is 25.0 Å². The van der Waals surface area contributed by atoms with E-state index in [1.807, 2.05) is 0 Å². The Bertz CT molecular complexity index is 664. The van der Waals surface area contributed by atoms with Crippen LogP contribution in [-0.4, -0.2) is 25.0 Å². The standard InChI is InChI=1S/C20H25Cl2O2PS2/c21-13-9-17-1-5-19(6-2-17)11-15-23-25(26,27)24-16-12-20-7-3-18(4-8-20)10-14-22/h1-8H,9-16H2,(H,26,27). The Morgan fingerprint density at radius 2 is 0.963 bits per heavy atom. The first-order valence-electron chi connectivity index (χ1n) is 8.92. The number of halogens is 2. The molecule has 0 aliphatic carbocycles. The van der Waals surface area contributed by atoms with Gasteiger partial charge in [0, 0.05) is 11.8 Å². The Morgan fingerprint density at radius 1 is 0.667 bits per heavy atom. The summed E-state index contributed by atoms with van der Waals surface area (Å²) in [5.74, 6) is 1.28. The average molecular weight is 463 g/mol. The highest BCUT2D eigenvalue weighted by molar-refractivity contribution is 8.60. The molecule has 2 aromatic rings. The Balaban J connectivity index is 1.69. The molecule has 7 heteroatoms. The van der Waals surface area contributed by atoms with Gasteiger partial charge in [0.25, 0.3) is 0 Å². The lowest BCUT2D eigenvalue weighted by Gasteiger charge is -2.17. The maximum Gasteiger partial charge on any atom is 0.244 e. The van der Waals surface area contributed by atoms with Crippen LogP contribution >= 0.6 is 41.1 Å². The van der Waals surface area contributed by atoms with Gasteiger partial charge in [-0.15, -0.1) is 23.2 Å². The molecule has 0 radical (unpaired) electrons. The molecular formula is C20H25Cl2O2PS2. The van der Waals surface area contributed by atoms with Gasteiger partial charge in [-0.3, -0.25) is 0 Å². The van der Waals surface area contributed by atoms with Crippen molar-refractivity contribution in [2.24, 2.45) is 0 Å². The highest BCUT2D eigenvalue weighted by Crippen LogP contribution is 2.53. The summed E-state index contributed by atoms with van der Waals surface area (Å²) >= 11 is 21.3. The number of benzene rings is 2. The second-order valence-corrected chi connectivity index (χ2v) is 12.2. The van der Waals surface area contributed by atoms with E-state index in [1.54, 1.807) is 0 Å². The van der Waals surface area contributed by atoms with E-state index in [1.165, 1.54) is 22.3 Å². The largest absolute Gasteiger partial charge is 0.321 e. The van der Waals surface area contributed by atoms with Crippen molar-refractivity contribution in [3.05, 3.63) is 70.8 Å². The van der Waals surface area contributed by atoms with Crippen molar-refractivity contribution < 1.29 is 9.05 Å². The predicted octanol–water partition coefficient (Wildman–Crippen LogP) is 6.22. The molecule has 148 valence electrons. The van der Waals surface area contributed by atoms with Crippen LogP contribution in [0.2, 0.25) is 0 Å². The van der Waals surface area contributed by atoms with Crippen molar-refractivity contribution in [1.29, 1.82) is 0 Å². The molecule has 0 amide bonds. The van der Waals surface area contributed by atoms with E-state index in [4.69, 9.17) is 44.1 Å². The van der Waals surface area contributed by atoms with E-state index in [9.17, 15) is 0 Å². The number of thiol groups is 1. The maximum absolute atomic E-state index is 5.75.